The number of nitrogens with zero attached hydrogens (tertiary/aromatic N) is 1. The molecule has 1 aromatic rings. The average molecular weight is 423 g/mol. The second-order valence-corrected chi connectivity index (χ2v) is 9.23. The molecule has 29 heavy (non-hydrogen) atoms. The lowest BCUT2D eigenvalue weighted by molar-refractivity contribution is -0.129. The monoisotopic (exact) mass is 422 g/mol. The lowest BCUT2D eigenvalue weighted by atomic mass is 9.77. The second-order valence-electron chi connectivity index (χ2n) is 8.82. The highest BCUT2D eigenvalue weighted by molar-refractivity contribution is 6.31. The number of benzene rings is 1. The number of ether oxygens (including phenoxy) is 1. The number of hydrogen-bond acceptors (Lipinski definition) is 3. The molecule has 0 radical (unpaired) electrons. The Balaban J connectivity index is 1.38. The molecule has 1 aliphatic heterocycles. The first-order valence-electron chi connectivity index (χ1n) is 10.5. The Morgan fingerprint density at radius 1 is 1.24 bits per heavy atom. The zero-order valence-electron chi connectivity index (χ0n) is 16.7. The van der Waals surface area contributed by atoms with Gasteiger partial charge in [-0.05, 0) is 61.1 Å². The summed E-state index contributed by atoms with van der Waals surface area (Å²) in [5.74, 6) is 0.995. The van der Waals surface area contributed by atoms with Crippen molar-refractivity contribution in [2.45, 2.75) is 51.2 Å². The van der Waals surface area contributed by atoms with Crippen LogP contribution in [0.15, 0.2) is 18.2 Å². The van der Waals surface area contributed by atoms with E-state index in [-0.39, 0.29) is 35.4 Å². The summed E-state index contributed by atoms with van der Waals surface area (Å²) in [6, 6.07) is 4.16. The fourth-order valence-corrected chi connectivity index (χ4v) is 4.93. The highest BCUT2D eigenvalue weighted by atomic mass is 35.5. The maximum Gasteiger partial charge on any atom is 0.227 e. The highest BCUT2D eigenvalue weighted by Gasteiger charge is 2.44. The Bertz CT molecular complexity index is 785. The summed E-state index contributed by atoms with van der Waals surface area (Å²) in [6.07, 6.45) is 4.36. The van der Waals surface area contributed by atoms with Gasteiger partial charge in [0.15, 0.2) is 0 Å². The van der Waals surface area contributed by atoms with Crippen molar-refractivity contribution < 1.29 is 18.7 Å². The van der Waals surface area contributed by atoms with Crippen LogP contribution in [0.1, 0.15) is 38.2 Å². The minimum Gasteiger partial charge on any atom is -0.376 e. The van der Waals surface area contributed by atoms with E-state index in [0.717, 1.165) is 19.4 Å². The summed E-state index contributed by atoms with van der Waals surface area (Å²) < 4.78 is 19.4. The minimum atomic E-state index is -0.403. The maximum atomic E-state index is 13.2. The number of hydrogen-bond donors (Lipinski definition) is 1. The number of carbonyl (C=O) groups is 2. The summed E-state index contributed by atoms with van der Waals surface area (Å²) in [4.78, 5) is 26.4. The SMILES string of the molecule is CC(=O)N[C@@H]1C[C@@H]2CN(C(=O)Cc3ccc(F)cc3Cl)C[C@@H]2C[C@H]1OCC1CC1. The molecule has 2 saturated carbocycles. The number of fused-ring (bicyclic) bond motifs is 1. The Morgan fingerprint density at radius 3 is 2.62 bits per heavy atom. The fourth-order valence-electron chi connectivity index (χ4n) is 4.70. The van der Waals surface area contributed by atoms with E-state index in [0.29, 0.717) is 36.4 Å². The van der Waals surface area contributed by atoms with Gasteiger partial charge in [0.1, 0.15) is 5.82 Å². The standard InChI is InChI=1S/C22H28ClFN2O3/c1-13(27)25-20-6-16-10-26(11-17(16)7-21(20)29-12-14-2-3-14)22(28)8-15-4-5-18(24)9-19(15)23/h4-5,9,14,16-17,20-21H,2-3,6-8,10-12H2,1H3,(H,25,27)/t16-,17+,20-,21-/m1/s1. The van der Waals surface area contributed by atoms with Crippen molar-refractivity contribution >= 4 is 23.4 Å². The molecule has 0 spiro atoms. The van der Waals surface area contributed by atoms with Crippen LogP contribution >= 0.6 is 11.6 Å². The van der Waals surface area contributed by atoms with Crippen molar-refractivity contribution in [1.82, 2.24) is 10.2 Å². The molecule has 0 unspecified atom stereocenters. The molecule has 158 valence electrons. The van der Waals surface area contributed by atoms with Crippen molar-refractivity contribution in [3.63, 3.8) is 0 Å². The van der Waals surface area contributed by atoms with Crippen molar-refractivity contribution in [3.05, 3.63) is 34.6 Å². The third-order valence-corrected chi connectivity index (χ3v) is 6.81. The Hall–Kier alpha value is -1.66. The van der Waals surface area contributed by atoms with Crippen LogP contribution < -0.4 is 5.32 Å². The third-order valence-electron chi connectivity index (χ3n) is 6.46. The number of rotatable bonds is 6. The first kappa shape index (κ1) is 20.6. The Labute approximate surface area is 175 Å². The van der Waals surface area contributed by atoms with Gasteiger partial charge in [-0.3, -0.25) is 9.59 Å². The van der Waals surface area contributed by atoms with Crippen molar-refractivity contribution in [2.24, 2.45) is 17.8 Å². The van der Waals surface area contributed by atoms with Crippen LogP contribution in [0, 0.1) is 23.6 Å². The number of nitrogens with one attached hydrogen (secondary N) is 1. The molecule has 4 rings (SSSR count). The van der Waals surface area contributed by atoms with Crippen LogP contribution in [0.4, 0.5) is 4.39 Å². The van der Waals surface area contributed by atoms with E-state index in [9.17, 15) is 14.0 Å². The first-order valence-corrected chi connectivity index (χ1v) is 10.9. The third kappa shape index (κ3) is 5.10. The lowest BCUT2D eigenvalue weighted by Gasteiger charge is -2.38. The van der Waals surface area contributed by atoms with Crippen molar-refractivity contribution in [2.75, 3.05) is 19.7 Å². The first-order chi connectivity index (χ1) is 13.9. The van der Waals surface area contributed by atoms with E-state index in [1.807, 2.05) is 4.90 Å². The number of likely N-dealkylation sites (tertiary alicyclic amines) is 1. The predicted molar refractivity (Wildman–Crippen MR) is 108 cm³/mol. The molecular formula is C22H28ClFN2O3. The van der Waals surface area contributed by atoms with Gasteiger partial charge >= 0.3 is 0 Å². The topological polar surface area (TPSA) is 58.6 Å². The molecule has 2 amide bonds. The summed E-state index contributed by atoms with van der Waals surface area (Å²) in [5.41, 5.74) is 0.648. The van der Waals surface area contributed by atoms with E-state index in [2.05, 4.69) is 5.32 Å². The highest BCUT2D eigenvalue weighted by Crippen LogP contribution is 2.39. The molecular weight excluding hydrogens is 395 g/mol. The molecule has 0 aromatic heterocycles. The van der Waals surface area contributed by atoms with Gasteiger partial charge in [0.2, 0.25) is 11.8 Å². The predicted octanol–water partition coefficient (Wildman–Crippen LogP) is 3.19. The average Bonchev–Trinajstić information content (AvgIpc) is 3.39. The molecule has 1 saturated heterocycles. The molecule has 7 heteroatoms. The zero-order valence-corrected chi connectivity index (χ0v) is 17.5. The summed E-state index contributed by atoms with van der Waals surface area (Å²) in [5, 5.41) is 3.35. The minimum absolute atomic E-state index is 0.00842. The Morgan fingerprint density at radius 2 is 1.97 bits per heavy atom. The van der Waals surface area contributed by atoms with Gasteiger partial charge in [0.05, 0.1) is 18.6 Å². The molecule has 3 aliphatic rings. The Kier molecular flexibility index (Phi) is 6.11. The maximum absolute atomic E-state index is 13.2. The largest absolute Gasteiger partial charge is 0.376 e. The van der Waals surface area contributed by atoms with Crippen LogP contribution in [0.5, 0.6) is 0 Å². The summed E-state index contributed by atoms with van der Waals surface area (Å²) >= 11 is 6.09. The molecule has 3 fully saturated rings. The van der Waals surface area contributed by atoms with E-state index < -0.39 is 5.82 Å². The van der Waals surface area contributed by atoms with Crippen LogP contribution in [0.2, 0.25) is 5.02 Å². The summed E-state index contributed by atoms with van der Waals surface area (Å²) in [6.45, 7) is 3.71. The van der Waals surface area contributed by atoms with E-state index in [1.165, 1.54) is 25.0 Å². The molecule has 5 nitrogen and oxygen atoms in total. The quantitative estimate of drug-likeness (QED) is 0.765. The number of halogens is 2. The van der Waals surface area contributed by atoms with Gasteiger partial charge in [-0.25, -0.2) is 4.39 Å². The zero-order chi connectivity index (χ0) is 20.5. The van der Waals surface area contributed by atoms with Crippen LogP contribution in [-0.2, 0) is 20.7 Å². The number of amides is 2. The van der Waals surface area contributed by atoms with Crippen molar-refractivity contribution in [1.29, 1.82) is 0 Å². The van der Waals surface area contributed by atoms with E-state index in [1.54, 1.807) is 13.0 Å². The molecule has 0 bridgehead atoms. The summed E-state index contributed by atoms with van der Waals surface area (Å²) in [7, 11) is 0. The van der Waals surface area contributed by atoms with Gasteiger partial charge < -0.3 is 15.0 Å². The van der Waals surface area contributed by atoms with Crippen molar-refractivity contribution in [3.8, 4) is 0 Å². The van der Waals surface area contributed by atoms with Gasteiger partial charge in [-0.15, -0.1) is 0 Å². The van der Waals surface area contributed by atoms with Gasteiger partial charge in [0.25, 0.3) is 0 Å². The molecule has 1 heterocycles. The smallest absolute Gasteiger partial charge is 0.227 e. The second kappa shape index (κ2) is 8.60. The fraction of sp³-hybridized carbons (Fsp3) is 0.636. The van der Waals surface area contributed by atoms with Gasteiger partial charge in [-0.2, -0.15) is 0 Å². The van der Waals surface area contributed by atoms with E-state index in [4.69, 9.17) is 16.3 Å². The number of carbonyl (C=O) groups excluding carboxylic acids is 2. The molecule has 2 aliphatic carbocycles. The van der Waals surface area contributed by atoms with Crippen LogP contribution in [0.3, 0.4) is 0 Å². The molecule has 1 N–H and O–H groups in total. The van der Waals surface area contributed by atoms with Gasteiger partial charge in [-0.1, -0.05) is 17.7 Å². The lowest BCUT2D eigenvalue weighted by Crippen LogP contribution is -2.50. The van der Waals surface area contributed by atoms with Crippen LogP contribution in [-0.4, -0.2) is 48.6 Å². The molecule has 4 atom stereocenters. The van der Waals surface area contributed by atoms with E-state index >= 15 is 0 Å². The molecule has 1 aromatic carbocycles. The van der Waals surface area contributed by atoms with Crippen LogP contribution in [0.25, 0.3) is 0 Å². The van der Waals surface area contributed by atoms with Gasteiger partial charge in [0, 0.05) is 31.6 Å². The normalized spacial score (nSPS) is 28.9.